The number of halogens is 2. The molecule has 1 amide bonds. The summed E-state index contributed by atoms with van der Waals surface area (Å²) < 4.78 is 0. The van der Waals surface area contributed by atoms with Gasteiger partial charge in [-0.1, -0.05) is 35.7 Å². The molecule has 0 spiro atoms. The Kier molecular flexibility index (Phi) is 5.88. The molecule has 1 aliphatic rings. The maximum atomic E-state index is 11.9. The number of piperidine rings is 1. The zero-order chi connectivity index (χ0) is 15.4. The van der Waals surface area contributed by atoms with Crippen LogP contribution in [0.2, 0.25) is 10.0 Å². The third-order valence-corrected chi connectivity index (χ3v) is 4.45. The lowest BCUT2D eigenvalue weighted by Crippen LogP contribution is -2.49. The Labute approximate surface area is 135 Å². The summed E-state index contributed by atoms with van der Waals surface area (Å²) in [6, 6.07) is 4.88. The number of aliphatic hydroxyl groups excluding tert-OH is 1. The molecule has 0 saturated carbocycles. The van der Waals surface area contributed by atoms with Crippen molar-refractivity contribution in [3.05, 3.63) is 33.8 Å². The van der Waals surface area contributed by atoms with Gasteiger partial charge < -0.3 is 10.4 Å². The molecule has 2 atom stereocenters. The standard InChI is InChI=1S/C15H20Cl2N2O2/c1-18-15(21)13-4-2-3-7-19(13)9-14(20)11-6-5-10(16)8-12(11)17/h5-6,8,13-14,20H,2-4,7,9H2,1H3,(H,18,21). The predicted molar refractivity (Wildman–Crippen MR) is 84.7 cm³/mol. The van der Waals surface area contributed by atoms with Gasteiger partial charge in [-0.2, -0.15) is 0 Å². The molecule has 1 aromatic rings. The normalized spacial score (nSPS) is 21.0. The second kappa shape index (κ2) is 7.45. The van der Waals surface area contributed by atoms with Crippen molar-refractivity contribution in [3.8, 4) is 0 Å². The molecule has 4 nitrogen and oxygen atoms in total. The van der Waals surface area contributed by atoms with Gasteiger partial charge in [0.05, 0.1) is 12.1 Å². The average Bonchev–Trinajstić information content (AvgIpc) is 2.46. The van der Waals surface area contributed by atoms with Crippen LogP contribution in [0.1, 0.15) is 30.9 Å². The van der Waals surface area contributed by atoms with Crippen LogP contribution in [0.3, 0.4) is 0 Å². The van der Waals surface area contributed by atoms with Crippen LogP contribution in [0.4, 0.5) is 0 Å². The van der Waals surface area contributed by atoms with Gasteiger partial charge in [-0.05, 0) is 31.5 Å². The first-order valence-corrected chi connectivity index (χ1v) is 7.87. The molecular weight excluding hydrogens is 311 g/mol. The Bertz CT molecular complexity index is 510. The zero-order valence-corrected chi connectivity index (χ0v) is 13.5. The SMILES string of the molecule is CNC(=O)C1CCCCN1CC(O)c1ccc(Cl)cc1Cl. The average molecular weight is 331 g/mol. The molecule has 2 N–H and O–H groups in total. The predicted octanol–water partition coefficient (Wildman–Crippen LogP) is 2.63. The van der Waals surface area contributed by atoms with E-state index in [4.69, 9.17) is 23.2 Å². The Morgan fingerprint density at radius 3 is 2.90 bits per heavy atom. The number of hydrogen-bond acceptors (Lipinski definition) is 3. The second-order valence-electron chi connectivity index (χ2n) is 5.30. The van der Waals surface area contributed by atoms with Gasteiger partial charge in [0.1, 0.15) is 0 Å². The molecule has 0 aromatic heterocycles. The number of β-amino-alcohol motifs (C(OH)–C–C–N with tert-alkyl or cyclic N) is 1. The third-order valence-electron chi connectivity index (χ3n) is 3.89. The van der Waals surface area contributed by atoms with Crippen molar-refractivity contribution in [3.63, 3.8) is 0 Å². The number of nitrogens with one attached hydrogen (secondary N) is 1. The summed E-state index contributed by atoms with van der Waals surface area (Å²) in [6.45, 7) is 1.19. The van der Waals surface area contributed by atoms with Crippen molar-refractivity contribution in [1.82, 2.24) is 10.2 Å². The van der Waals surface area contributed by atoms with Crippen LogP contribution < -0.4 is 5.32 Å². The number of benzene rings is 1. The third kappa shape index (κ3) is 4.10. The van der Waals surface area contributed by atoms with Crippen molar-refractivity contribution >= 4 is 29.1 Å². The lowest BCUT2D eigenvalue weighted by molar-refractivity contribution is -0.127. The number of nitrogens with zero attached hydrogens (tertiary/aromatic N) is 1. The number of aliphatic hydroxyl groups is 1. The number of hydrogen-bond donors (Lipinski definition) is 2. The molecule has 1 aromatic carbocycles. The Morgan fingerprint density at radius 1 is 1.48 bits per heavy atom. The molecule has 116 valence electrons. The fourth-order valence-electron chi connectivity index (χ4n) is 2.77. The molecule has 1 fully saturated rings. The summed E-state index contributed by atoms with van der Waals surface area (Å²) in [5.74, 6) is 0.00380. The van der Waals surface area contributed by atoms with Crippen LogP contribution in [0.5, 0.6) is 0 Å². The quantitative estimate of drug-likeness (QED) is 0.892. The smallest absolute Gasteiger partial charge is 0.237 e. The number of likely N-dealkylation sites (N-methyl/N-ethyl adjacent to an activating group) is 1. The molecule has 6 heteroatoms. The van der Waals surface area contributed by atoms with Crippen molar-refractivity contribution < 1.29 is 9.90 Å². The maximum absolute atomic E-state index is 11.9. The van der Waals surface area contributed by atoms with Crippen LogP contribution in [-0.2, 0) is 4.79 Å². The number of carbonyl (C=O) groups is 1. The summed E-state index contributed by atoms with van der Waals surface area (Å²) >= 11 is 12.0. The van der Waals surface area contributed by atoms with Crippen LogP contribution in [-0.4, -0.2) is 42.1 Å². The van der Waals surface area contributed by atoms with E-state index in [1.807, 2.05) is 4.90 Å². The first-order chi connectivity index (χ1) is 10.0. The molecule has 1 aliphatic heterocycles. The van der Waals surface area contributed by atoms with E-state index in [0.717, 1.165) is 25.8 Å². The molecular formula is C15H20Cl2N2O2. The highest BCUT2D eigenvalue weighted by Crippen LogP contribution is 2.28. The number of amides is 1. The van der Waals surface area contributed by atoms with Crippen molar-refractivity contribution in [2.24, 2.45) is 0 Å². The molecule has 0 aliphatic carbocycles. The minimum Gasteiger partial charge on any atom is -0.387 e. The highest BCUT2D eigenvalue weighted by atomic mass is 35.5. The summed E-state index contributed by atoms with van der Waals surface area (Å²) in [6.07, 6.45) is 2.15. The van der Waals surface area contributed by atoms with Gasteiger partial charge >= 0.3 is 0 Å². The van der Waals surface area contributed by atoms with Gasteiger partial charge in [-0.25, -0.2) is 0 Å². The maximum Gasteiger partial charge on any atom is 0.237 e. The second-order valence-corrected chi connectivity index (χ2v) is 6.15. The van der Waals surface area contributed by atoms with Crippen molar-refractivity contribution in [2.45, 2.75) is 31.4 Å². The topological polar surface area (TPSA) is 52.6 Å². The Hall–Kier alpha value is -0.810. The van der Waals surface area contributed by atoms with E-state index in [-0.39, 0.29) is 11.9 Å². The summed E-state index contributed by atoms with van der Waals surface area (Å²) in [7, 11) is 1.64. The number of likely N-dealkylation sites (tertiary alicyclic amines) is 1. The molecule has 2 rings (SSSR count). The van der Waals surface area contributed by atoms with Gasteiger partial charge in [0, 0.05) is 29.2 Å². The fourth-order valence-corrected chi connectivity index (χ4v) is 3.30. The van der Waals surface area contributed by atoms with Gasteiger partial charge in [0.25, 0.3) is 0 Å². The molecule has 0 radical (unpaired) electrons. The Morgan fingerprint density at radius 2 is 2.24 bits per heavy atom. The minimum absolute atomic E-state index is 0.00380. The van der Waals surface area contributed by atoms with Crippen LogP contribution >= 0.6 is 23.2 Å². The number of carbonyl (C=O) groups excluding carboxylic acids is 1. The minimum atomic E-state index is -0.736. The van der Waals surface area contributed by atoms with E-state index in [9.17, 15) is 9.90 Å². The molecule has 2 unspecified atom stereocenters. The van der Waals surface area contributed by atoms with Crippen molar-refractivity contribution in [2.75, 3.05) is 20.1 Å². The zero-order valence-electron chi connectivity index (χ0n) is 12.0. The first kappa shape index (κ1) is 16.6. The molecule has 21 heavy (non-hydrogen) atoms. The fraction of sp³-hybridized carbons (Fsp3) is 0.533. The molecule has 1 saturated heterocycles. The van der Waals surface area contributed by atoms with E-state index in [1.54, 1.807) is 25.2 Å². The van der Waals surface area contributed by atoms with E-state index in [0.29, 0.717) is 22.2 Å². The van der Waals surface area contributed by atoms with Crippen LogP contribution in [0.25, 0.3) is 0 Å². The molecule has 0 bridgehead atoms. The summed E-state index contributed by atoms with van der Waals surface area (Å²) in [4.78, 5) is 14.0. The van der Waals surface area contributed by atoms with Gasteiger partial charge in [0.15, 0.2) is 0 Å². The summed E-state index contributed by atoms with van der Waals surface area (Å²) in [5, 5.41) is 14.1. The van der Waals surface area contributed by atoms with Crippen LogP contribution in [0.15, 0.2) is 18.2 Å². The van der Waals surface area contributed by atoms with Gasteiger partial charge in [-0.3, -0.25) is 9.69 Å². The molecule has 1 heterocycles. The lowest BCUT2D eigenvalue weighted by atomic mass is 9.99. The largest absolute Gasteiger partial charge is 0.387 e. The van der Waals surface area contributed by atoms with E-state index >= 15 is 0 Å². The Balaban J connectivity index is 2.09. The van der Waals surface area contributed by atoms with Gasteiger partial charge in [-0.15, -0.1) is 0 Å². The highest BCUT2D eigenvalue weighted by Gasteiger charge is 2.29. The monoisotopic (exact) mass is 330 g/mol. The highest BCUT2D eigenvalue weighted by molar-refractivity contribution is 6.35. The van der Waals surface area contributed by atoms with Crippen molar-refractivity contribution in [1.29, 1.82) is 0 Å². The lowest BCUT2D eigenvalue weighted by Gasteiger charge is -2.35. The van der Waals surface area contributed by atoms with E-state index < -0.39 is 6.10 Å². The van der Waals surface area contributed by atoms with E-state index in [1.165, 1.54) is 0 Å². The van der Waals surface area contributed by atoms with E-state index in [2.05, 4.69) is 5.32 Å². The van der Waals surface area contributed by atoms with Gasteiger partial charge in [0.2, 0.25) is 5.91 Å². The first-order valence-electron chi connectivity index (χ1n) is 7.11. The van der Waals surface area contributed by atoms with Crippen LogP contribution in [0, 0.1) is 0 Å². The number of rotatable bonds is 4. The summed E-state index contributed by atoms with van der Waals surface area (Å²) in [5.41, 5.74) is 0.641.